The first-order chi connectivity index (χ1) is 14.2. The summed E-state index contributed by atoms with van der Waals surface area (Å²) in [6.45, 7) is 0.722. The van der Waals surface area contributed by atoms with Gasteiger partial charge >= 0.3 is 0 Å². The van der Waals surface area contributed by atoms with Crippen LogP contribution in [-0.2, 0) is 0 Å². The third-order valence-electron chi connectivity index (χ3n) is 5.55. The summed E-state index contributed by atoms with van der Waals surface area (Å²) in [7, 11) is 0. The lowest BCUT2D eigenvalue weighted by Gasteiger charge is -2.23. The molecule has 2 heterocycles. The van der Waals surface area contributed by atoms with Crippen LogP contribution < -0.4 is 0 Å². The average molecular weight is 385 g/mol. The van der Waals surface area contributed by atoms with Crippen LogP contribution in [0.25, 0.3) is 22.2 Å². The van der Waals surface area contributed by atoms with E-state index in [0.29, 0.717) is 5.56 Å². The number of carbonyl (C=O) groups is 1. The van der Waals surface area contributed by atoms with E-state index in [9.17, 15) is 9.18 Å². The fourth-order valence-corrected chi connectivity index (χ4v) is 4.04. The van der Waals surface area contributed by atoms with E-state index in [1.54, 1.807) is 12.1 Å². The second-order valence-electron chi connectivity index (χ2n) is 7.38. The Morgan fingerprint density at radius 3 is 2.38 bits per heavy atom. The fraction of sp³-hybridized carbons (Fsp3) is 0.167. The van der Waals surface area contributed by atoms with Gasteiger partial charge in [0.05, 0.1) is 17.1 Å². The Balaban J connectivity index is 1.39. The normalized spacial score (nSPS) is 16.4. The minimum Gasteiger partial charge on any atom is -0.340 e. The number of rotatable bonds is 3. The van der Waals surface area contributed by atoms with Gasteiger partial charge in [0.1, 0.15) is 11.6 Å². The van der Waals surface area contributed by atoms with Gasteiger partial charge in [0, 0.05) is 12.1 Å². The molecule has 0 spiro atoms. The number of hydrogen-bond acceptors (Lipinski definition) is 2. The molecule has 1 aromatic heterocycles. The minimum absolute atomic E-state index is 0.0126. The molecule has 1 fully saturated rings. The zero-order chi connectivity index (χ0) is 19.8. The minimum atomic E-state index is -0.258. The van der Waals surface area contributed by atoms with Crippen LogP contribution in [0.3, 0.4) is 0 Å². The molecule has 144 valence electrons. The van der Waals surface area contributed by atoms with Crippen LogP contribution in [0, 0.1) is 5.82 Å². The number of carbonyl (C=O) groups excluding carboxylic acids is 1. The Bertz CT molecular complexity index is 1130. The summed E-state index contributed by atoms with van der Waals surface area (Å²) in [6, 6.07) is 21.8. The van der Waals surface area contributed by atoms with Crippen molar-refractivity contribution in [1.82, 2.24) is 14.9 Å². The number of halogens is 1. The van der Waals surface area contributed by atoms with E-state index in [-0.39, 0.29) is 17.8 Å². The molecule has 0 radical (unpaired) electrons. The summed E-state index contributed by atoms with van der Waals surface area (Å²) >= 11 is 0. The molecule has 4 nitrogen and oxygen atoms in total. The van der Waals surface area contributed by atoms with Crippen molar-refractivity contribution in [3.8, 4) is 11.1 Å². The Hall–Kier alpha value is -3.47. The van der Waals surface area contributed by atoms with Gasteiger partial charge in [-0.05, 0) is 60.4 Å². The highest BCUT2D eigenvalue weighted by Crippen LogP contribution is 2.33. The maximum atomic E-state index is 13.2. The zero-order valence-corrected chi connectivity index (χ0v) is 15.8. The van der Waals surface area contributed by atoms with Gasteiger partial charge in [-0.3, -0.25) is 4.79 Å². The van der Waals surface area contributed by atoms with Crippen LogP contribution in [0.2, 0.25) is 0 Å². The highest BCUT2D eigenvalue weighted by molar-refractivity contribution is 5.95. The third kappa shape index (κ3) is 3.29. The first kappa shape index (κ1) is 17.6. The Kier molecular flexibility index (Phi) is 4.35. The van der Waals surface area contributed by atoms with E-state index in [2.05, 4.69) is 4.98 Å². The van der Waals surface area contributed by atoms with Crippen LogP contribution in [0.15, 0.2) is 72.8 Å². The van der Waals surface area contributed by atoms with E-state index >= 15 is 0 Å². The van der Waals surface area contributed by atoms with Crippen molar-refractivity contribution < 1.29 is 9.18 Å². The SMILES string of the molecule is O=C(c1ccc(-c2ccc(F)cc2)cc1)N1CCC[C@H]1c1nc2ccccc2[nH]1. The first-order valence-corrected chi connectivity index (χ1v) is 9.81. The van der Waals surface area contributed by atoms with Gasteiger partial charge in [-0.15, -0.1) is 0 Å². The number of amides is 1. The number of imidazole rings is 1. The van der Waals surface area contributed by atoms with Crippen LogP contribution in [-0.4, -0.2) is 27.3 Å². The quantitative estimate of drug-likeness (QED) is 0.517. The molecule has 1 aliphatic heterocycles. The number of fused-ring (bicyclic) bond motifs is 1. The molecule has 5 rings (SSSR count). The molecule has 5 heteroatoms. The molecule has 0 bridgehead atoms. The highest BCUT2D eigenvalue weighted by atomic mass is 19.1. The van der Waals surface area contributed by atoms with Crippen molar-refractivity contribution in [2.45, 2.75) is 18.9 Å². The maximum absolute atomic E-state index is 13.2. The molecule has 3 aromatic carbocycles. The van der Waals surface area contributed by atoms with Gasteiger partial charge in [0.25, 0.3) is 5.91 Å². The van der Waals surface area contributed by atoms with E-state index in [0.717, 1.165) is 47.4 Å². The third-order valence-corrected chi connectivity index (χ3v) is 5.55. The maximum Gasteiger partial charge on any atom is 0.254 e. The van der Waals surface area contributed by atoms with Gasteiger partial charge in [-0.2, -0.15) is 0 Å². The molecule has 1 saturated heterocycles. The van der Waals surface area contributed by atoms with Crippen LogP contribution in [0.1, 0.15) is 35.1 Å². The van der Waals surface area contributed by atoms with Crippen molar-refractivity contribution in [3.05, 3.63) is 90.0 Å². The number of aromatic nitrogens is 2. The van der Waals surface area contributed by atoms with Crippen LogP contribution >= 0.6 is 0 Å². The largest absolute Gasteiger partial charge is 0.340 e. The van der Waals surface area contributed by atoms with Gasteiger partial charge < -0.3 is 9.88 Å². The average Bonchev–Trinajstić information content (AvgIpc) is 3.41. The molecule has 1 aliphatic rings. The van der Waals surface area contributed by atoms with Gasteiger partial charge in [0.2, 0.25) is 0 Å². The summed E-state index contributed by atoms with van der Waals surface area (Å²) in [5.74, 6) is 0.602. The predicted octanol–water partition coefficient (Wildman–Crippen LogP) is 5.35. The summed E-state index contributed by atoms with van der Waals surface area (Å²) in [6.07, 6.45) is 1.86. The van der Waals surface area contributed by atoms with Crippen LogP contribution in [0.4, 0.5) is 4.39 Å². The van der Waals surface area contributed by atoms with E-state index < -0.39 is 0 Å². The van der Waals surface area contributed by atoms with Crippen molar-refractivity contribution in [2.75, 3.05) is 6.54 Å². The van der Waals surface area contributed by atoms with E-state index in [4.69, 9.17) is 4.98 Å². The number of likely N-dealkylation sites (tertiary alicyclic amines) is 1. The Labute approximate surface area is 168 Å². The first-order valence-electron chi connectivity index (χ1n) is 9.81. The topological polar surface area (TPSA) is 49.0 Å². The molecule has 0 aliphatic carbocycles. The van der Waals surface area contributed by atoms with E-state index in [1.165, 1.54) is 12.1 Å². The number of benzene rings is 3. The number of nitrogens with one attached hydrogen (secondary N) is 1. The molecule has 29 heavy (non-hydrogen) atoms. The predicted molar refractivity (Wildman–Crippen MR) is 111 cm³/mol. The lowest BCUT2D eigenvalue weighted by atomic mass is 10.0. The van der Waals surface area contributed by atoms with Crippen molar-refractivity contribution in [1.29, 1.82) is 0 Å². The molecule has 1 atom stereocenters. The summed E-state index contributed by atoms with van der Waals surface area (Å²) in [5, 5.41) is 0. The standard InChI is InChI=1S/C24H20FN3O/c25-19-13-11-17(12-14-19)16-7-9-18(10-8-16)24(29)28-15-3-6-22(28)23-26-20-4-1-2-5-21(20)27-23/h1-2,4-5,7-14,22H,3,6,15H2,(H,26,27)/t22-/m0/s1. The van der Waals surface area contributed by atoms with Crippen molar-refractivity contribution >= 4 is 16.9 Å². The lowest BCUT2D eigenvalue weighted by Crippen LogP contribution is -2.31. The van der Waals surface area contributed by atoms with Gasteiger partial charge in [-0.1, -0.05) is 36.4 Å². The molecule has 0 unspecified atom stereocenters. The molecular formula is C24H20FN3O. The van der Waals surface area contributed by atoms with Crippen molar-refractivity contribution in [2.24, 2.45) is 0 Å². The second kappa shape index (κ2) is 7.17. The zero-order valence-electron chi connectivity index (χ0n) is 15.8. The smallest absolute Gasteiger partial charge is 0.254 e. The number of para-hydroxylation sites is 2. The molecular weight excluding hydrogens is 365 g/mol. The van der Waals surface area contributed by atoms with Gasteiger partial charge in [0.15, 0.2) is 0 Å². The summed E-state index contributed by atoms with van der Waals surface area (Å²) in [4.78, 5) is 23.2. The summed E-state index contributed by atoms with van der Waals surface area (Å²) < 4.78 is 13.1. The number of H-pyrrole nitrogens is 1. The highest BCUT2D eigenvalue weighted by Gasteiger charge is 2.32. The lowest BCUT2D eigenvalue weighted by molar-refractivity contribution is 0.0730. The van der Waals surface area contributed by atoms with Crippen molar-refractivity contribution in [3.63, 3.8) is 0 Å². The number of hydrogen-bond donors (Lipinski definition) is 1. The Morgan fingerprint density at radius 1 is 0.966 bits per heavy atom. The molecule has 4 aromatic rings. The molecule has 1 N–H and O–H groups in total. The van der Waals surface area contributed by atoms with Crippen LogP contribution in [0.5, 0.6) is 0 Å². The van der Waals surface area contributed by atoms with E-state index in [1.807, 2.05) is 53.4 Å². The number of aromatic amines is 1. The molecule has 0 saturated carbocycles. The monoisotopic (exact) mass is 385 g/mol. The second-order valence-corrected chi connectivity index (χ2v) is 7.38. The van der Waals surface area contributed by atoms with Gasteiger partial charge in [-0.25, -0.2) is 9.37 Å². The molecule has 1 amide bonds. The fourth-order valence-electron chi connectivity index (χ4n) is 4.04. The number of nitrogens with zero attached hydrogens (tertiary/aromatic N) is 2. The summed E-state index contributed by atoms with van der Waals surface area (Å²) in [5.41, 5.74) is 4.44. The Morgan fingerprint density at radius 2 is 1.66 bits per heavy atom.